The molecule has 0 bridgehead atoms. The third-order valence-corrected chi connectivity index (χ3v) is 2.82. The van der Waals surface area contributed by atoms with Crippen LogP contribution in [0.5, 0.6) is 11.5 Å². The van der Waals surface area contributed by atoms with Crippen molar-refractivity contribution in [3.05, 3.63) is 24.5 Å². The quantitative estimate of drug-likeness (QED) is 0.830. The molecule has 0 atom stereocenters. The summed E-state index contributed by atoms with van der Waals surface area (Å²) in [6, 6.07) is 5.75. The maximum Gasteiger partial charge on any atom is 0.163 e. The molecule has 0 radical (unpaired) electrons. The van der Waals surface area contributed by atoms with Gasteiger partial charge in [-0.3, -0.25) is 0 Å². The molecule has 0 saturated heterocycles. The van der Waals surface area contributed by atoms with Crippen molar-refractivity contribution in [3.63, 3.8) is 0 Å². The van der Waals surface area contributed by atoms with Crippen molar-refractivity contribution in [3.8, 4) is 22.9 Å². The Bertz CT molecular complexity index is 549. The summed E-state index contributed by atoms with van der Waals surface area (Å²) in [5, 5.41) is 8.18. The highest BCUT2D eigenvalue weighted by Gasteiger charge is 2.12. The predicted octanol–water partition coefficient (Wildman–Crippen LogP) is 2.62. The van der Waals surface area contributed by atoms with E-state index in [0.29, 0.717) is 17.4 Å². The molecule has 5 nitrogen and oxygen atoms in total. The first kappa shape index (κ1) is 13.4. The standard InChI is InChI=1S/C14H19N3O2/c1-10(2)8-17-9-15-16-14(17)11-5-6-12(18-3)13(7-11)19-4/h5-7,9-10H,8H2,1-4H3. The lowest BCUT2D eigenvalue weighted by atomic mass is 10.1. The fourth-order valence-electron chi connectivity index (χ4n) is 1.98. The van der Waals surface area contributed by atoms with E-state index in [-0.39, 0.29) is 0 Å². The van der Waals surface area contributed by atoms with Crippen molar-refractivity contribution in [1.82, 2.24) is 14.8 Å². The topological polar surface area (TPSA) is 49.2 Å². The molecule has 0 aliphatic heterocycles. The second-order valence-corrected chi connectivity index (χ2v) is 4.77. The Hall–Kier alpha value is -2.04. The monoisotopic (exact) mass is 261 g/mol. The SMILES string of the molecule is COc1ccc(-c2nncn2CC(C)C)cc1OC. The van der Waals surface area contributed by atoms with Gasteiger partial charge in [-0.1, -0.05) is 13.8 Å². The lowest BCUT2D eigenvalue weighted by molar-refractivity contribution is 0.355. The second-order valence-electron chi connectivity index (χ2n) is 4.77. The third kappa shape index (κ3) is 2.86. The number of methoxy groups -OCH3 is 2. The Balaban J connectivity index is 2.39. The van der Waals surface area contributed by atoms with Gasteiger partial charge < -0.3 is 14.0 Å². The Labute approximate surface area is 113 Å². The molecule has 0 fully saturated rings. The van der Waals surface area contributed by atoms with Gasteiger partial charge in [-0.25, -0.2) is 0 Å². The smallest absolute Gasteiger partial charge is 0.163 e. The lowest BCUT2D eigenvalue weighted by Gasteiger charge is -2.11. The Morgan fingerprint density at radius 1 is 1.16 bits per heavy atom. The first-order valence-electron chi connectivity index (χ1n) is 6.26. The third-order valence-electron chi connectivity index (χ3n) is 2.82. The number of aromatic nitrogens is 3. The molecule has 1 heterocycles. The highest BCUT2D eigenvalue weighted by atomic mass is 16.5. The predicted molar refractivity (Wildman–Crippen MR) is 73.4 cm³/mol. The first-order valence-corrected chi connectivity index (χ1v) is 6.26. The molecule has 1 aromatic carbocycles. The molecule has 0 aliphatic rings. The van der Waals surface area contributed by atoms with E-state index in [4.69, 9.17) is 9.47 Å². The first-order chi connectivity index (χ1) is 9.15. The van der Waals surface area contributed by atoms with Crippen molar-refractivity contribution < 1.29 is 9.47 Å². The van der Waals surface area contributed by atoms with Crippen LogP contribution in [0.1, 0.15) is 13.8 Å². The zero-order valence-corrected chi connectivity index (χ0v) is 11.8. The molecule has 0 aliphatic carbocycles. The van der Waals surface area contributed by atoms with Crippen LogP contribution in [0.4, 0.5) is 0 Å². The average molecular weight is 261 g/mol. The number of ether oxygens (including phenoxy) is 2. The molecule has 0 saturated carbocycles. The number of hydrogen-bond donors (Lipinski definition) is 0. The summed E-state index contributed by atoms with van der Waals surface area (Å²) in [7, 11) is 3.25. The summed E-state index contributed by atoms with van der Waals surface area (Å²) in [4.78, 5) is 0. The summed E-state index contributed by atoms with van der Waals surface area (Å²) >= 11 is 0. The number of nitrogens with zero attached hydrogens (tertiary/aromatic N) is 3. The van der Waals surface area contributed by atoms with Crippen molar-refractivity contribution in [2.45, 2.75) is 20.4 Å². The fraction of sp³-hybridized carbons (Fsp3) is 0.429. The summed E-state index contributed by atoms with van der Waals surface area (Å²) in [5.74, 6) is 2.78. The lowest BCUT2D eigenvalue weighted by Crippen LogP contribution is -2.05. The van der Waals surface area contributed by atoms with Crippen LogP contribution < -0.4 is 9.47 Å². The molecule has 2 rings (SSSR count). The second kappa shape index (κ2) is 5.73. The van der Waals surface area contributed by atoms with Gasteiger partial charge in [-0.2, -0.15) is 0 Å². The van der Waals surface area contributed by atoms with E-state index in [9.17, 15) is 0 Å². The minimum absolute atomic E-state index is 0.537. The Morgan fingerprint density at radius 3 is 2.53 bits per heavy atom. The van der Waals surface area contributed by atoms with Crippen LogP contribution in [0.3, 0.4) is 0 Å². The van der Waals surface area contributed by atoms with Gasteiger partial charge in [0.1, 0.15) is 6.33 Å². The van der Waals surface area contributed by atoms with Crippen molar-refractivity contribution in [2.75, 3.05) is 14.2 Å². The molecular weight excluding hydrogens is 242 g/mol. The van der Waals surface area contributed by atoms with E-state index in [1.807, 2.05) is 22.8 Å². The summed E-state index contributed by atoms with van der Waals surface area (Å²) in [5.41, 5.74) is 0.968. The molecule has 0 spiro atoms. The minimum atomic E-state index is 0.537. The van der Waals surface area contributed by atoms with Crippen molar-refractivity contribution in [2.24, 2.45) is 5.92 Å². The summed E-state index contributed by atoms with van der Waals surface area (Å²) in [6.45, 7) is 5.22. The van der Waals surface area contributed by atoms with E-state index < -0.39 is 0 Å². The Kier molecular flexibility index (Phi) is 4.04. The van der Waals surface area contributed by atoms with E-state index in [2.05, 4.69) is 24.0 Å². The van der Waals surface area contributed by atoms with Crippen molar-refractivity contribution in [1.29, 1.82) is 0 Å². The fourth-order valence-corrected chi connectivity index (χ4v) is 1.98. The molecule has 0 unspecified atom stereocenters. The van der Waals surface area contributed by atoms with Gasteiger partial charge in [0.2, 0.25) is 0 Å². The van der Waals surface area contributed by atoms with Crippen LogP contribution in [0.2, 0.25) is 0 Å². The number of hydrogen-bond acceptors (Lipinski definition) is 4. The van der Waals surface area contributed by atoms with Crippen LogP contribution in [0.15, 0.2) is 24.5 Å². The average Bonchev–Trinajstić information content (AvgIpc) is 2.85. The van der Waals surface area contributed by atoms with Gasteiger partial charge in [-0.05, 0) is 24.1 Å². The van der Waals surface area contributed by atoms with Gasteiger partial charge in [-0.15, -0.1) is 10.2 Å². The van der Waals surface area contributed by atoms with Crippen LogP contribution in [0, 0.1) is 5.92 Å². The zero-order valence-electron chi connectivity index (χ0n) is 11.8. The van der Waals surface area contributed by atoms with Crippen LogP contribution >= 0.6 is 0 Å². The highest BCUT2D eigenvalue weighted by molar-refractivity contribution is 5.61. The van der Waals surface area contributed by atoms with Gasteiger partial charge in [0, 0.05) is 12.1 Å². The number of benzene rings is 1. The molecule has 0 N–H and O–H groups in total. The molecule has 2 aromatic rings. The normalized spacial score (nSPS) is 10.8. The van der Waals surface area contributed by atoms with Gasteiger partial charge in [0.15, 0.2) is 17.3 Å². The molecular formula is C14H19N3O2. The van der Waals surface area contributed by atoms with Gasteiger partial charge in [0.25, 0.3) is 0 Å². The van der Waals surface area contributed by atoms with Gasteiger partial charge >= 0.3 is 0 Å². The largest absolute Gasteiger partial charge is 0.493 e. The maximum atomic E-state index is 5.31. The summed E-state index contributed by atoms with van der Waals surface area (Å²) in [6.07, 6.45) is 1.76. The van der Waals surface area contributed by atoms with E-state index >= 15 is 0 Å². The molecule has 5 heteroatoms. The Morgan fingerprint density at radius 2 is 1.89 bits per heavy atom. The van der Waals surface area contributed by atoms with Crippen LogP contribution in [-0.4, -0.2) is 29.0 Å². The molecule has 1 aromatic heterocycles. The number of rotatable bonds is 5. The summed E-state index contributed by atoms with van der Waals surface area (Å²) < 4.78 is 12.6. The van der Waals surface area contributed by atoms with E-state index in [1.54, 1.807) is 20.5 Å². The molecule has 102 valence electrons. The van der Waals surface area contributed by atoms with E-state index in [1.165, 1.54) is 0 Å². The highest BCUT2D eigenvalue weighted by Crippen LogP contribution is 2.31. The van der Waals surface area contributed by atoms with E-state index in [0.717, 1.165) is 17.9 Å². The van der Waals surface area contributed by atoms with Crippen LogP contribution in [0.25, 0.3) is 11.4 Å². The molecule has 0 amide bonds. The van der Waals surface area contributed by atoms with Gasteiger partial charge in [0.05, 0.1) is 14.2 Å². The minimum Gasteiger partial charge on any atom is -0.493 e. The zero-order chi connectivity index (χ0) is 13.8. The van der Waals surface area contributed by atoms with Crippen LogP contribution in [-0.2, 0) is 6.54 Å². The van der Waals surface area contributed by atoms with Crippen molar-refractivity contribution >= 4 is 0 Å². The molecule has 19 heavy (non-hydrogen) atoms. The maximum absolute atomic E-state index is 5.31.